The number of alkyl halides is 1. The summed E-state index contributed by atoms with van der Waals surface area (Å²) in [6, 6.07) is 6.82. The number of hydrogen-bond donors (Lipinski definition) is 1. The summed E-state index contributed by atoms with van der Waals surface area (Å²) in [5.74, 6) is -2.21. The van der Waals surface area contributed by atoms with E-state index in [9.17, 15) is 18.8 Å². The van der Waals surface area contributed by atoms with E-state index in [1.165, 1.54) is 38.1 Å². The van der Waals surface area contributed by atoms with Crippen molar-refractivity contribution in [2.45, 2.75) is 25.7 Å². The van der Waals surface area contributed by atoms with Gasteiger partial charge < -0.3 is 10.1 Å². The van der Waals surface area contributed by atoms with Gasteiger partial charge in [-0.05, 0) is 31.5 Å². The third-order valence-corrected chi connectivity index (χ3v) is 3.52. The van der Waals surface area contributed by atoms with Crippen LogP contribution in [0.25, 0.3) is 0 Å². The molecule has 2 rings (SSSR count). The van der Waals surface area contributed by atoms with Gasteiger partial charge in [-0.3, -0.25) is 4.79 Å². The number of nitrogens with one attached hydrogen (secondary N) is 1. The van der Waals surface area contributed by atoms with Crippen LogP contribution in [0.3, 0.4) is 0 Å². The largest absolute Gasteiger partial charge is 0.462 e. The molecule has 1 heterocycles. The van der Waals surface area contributed by atoms with E-state index < -0.39 is 29.7 Å². The zero-order chi connectivity index (χ0) is 17.2. The lowest BCUT2D eigenvalue weighted by molar-refractivity contribution is -0.159. The number of imide groups is 1. The Labute approximate surface area is 131 Å². The van der Waals surface area contributed by atoms with Crippen LogP contribution in [0.1, 0.15) is 25.0 Å². The van der Waals surface area contributed by atoms with Crippen molar-refractivity contribution in [3.63, 3.8) is 0 Å². The van der Waals surface area contributed by atoms with E-state index in [4.69, 9.17) is 5.26 Å². The molecule has 120 valence electrons. The molecule has 1 aromatic carbocycles. The van der Waals surface area contributed by atoms with Gasteiger partial charge in [-0.15, -0.1) is 0 Å². The van der Waals surface area contributed by atoms with Crippen molar-refractivity contribution in [3.8, 4) is 6.07 Å². The van der Waals surface area contributed by atoms with Gasteiger partial charge in [-0.1, -0.05) is 12.1 Å². The number of ether oxygens (including phenoxy) is 1. The molecular weight excluding hydrogens is 305 g/mol. The van der Waals surface area contributed by atoms with Crippen molar-refractivity contribution in [1.29, 1.82) is 5.26 Å². The Morgan fingerprint density at radius 2 is 2.04 bits per heavy atom. The van der Waals surface area contributed by atoms with E-state index in [1.54, 1.807) is 0 Å². The van der Waals surface area contributed by atoms with Gasteiger partial charge in [0.15, 0.2) is 0 Å². The van der Waals surface area contributed by atoms with Crippen LogP contribution in [0.15, 0.2) is 24.3 Å². The normalized spacial score (nSPS) is 21.6. The van der Waals surface area contributed by atoms with Crippen LogP contribution in [-0.2, 0) is 19.9 Å². The van der Waals surface area contributed by atoms with Crippen LogP contribution >= 0.6 is 0 Å². The molecule has 1 aromatic rings. The van der Waals surface area contributed by atoms with Crippen LogP contribution in [0.2, 0.25) is 0 Å². The molecule has 3 amide bonds. The van der Waals surface area contributed by atoms with Crippen molar-refractivity contribution in [1.82, 2.24) is 10.2 Å². The van der Waals surface area contributed by atoms with Crippen molar-refractivity contribution < 1.29 is 23.5 Å². The lowest BCUT2D eigenvalue weighted by atomic mass is 9.91. The van der Waals surface area contributed by atoms with Crippen LogP contribution < -0.4 is 5.32 Å². The molecule has 0 radical (unpaired) electrons. The van der Waals surface area contributed by atoms with Gasteiger partial charge in [-0.2, -0.15) is 5.26 Å². The highest BCUT2D eigenvalue weighted by molar-refractivity contribution is 6.09. The highest BCUT2D eigenvalue weighted by Crippen LogP contribution is 2.30. The van der Waals surface area contributed by atoms with Gasteiger partial charge in [0.05, 0.1) is 18.2 Å². The lowest BCUT2D eigenvalue weighted by Crippen LogP contribution is -2.45. The van der Waals surface area contributed by atoms with Crippen LogP contribution in [0.4, 0.5) is 9.18 Å². The molecule has 1 saturated heterocycles. The monoisotopic (exact) mass is 319 g/mol. The van der Waals surface area contributed by atoms with E-state index >= 15 is 0 Å². The molecular formula is C15H14FN3O4. The molecule has 2 atom stereocenters. The first-order valence-corrected chi connectivity index (χ1v) is 6.82. The fraction of sp³-hybridized carbons (Fsp3) is 0.333. The second-order valence-electron chi connectivity index (χ2n) is 5.01. The Hall–Kier alpha value is -2.95. The molecule has 0 spiro atoms. The number of rotatable bonds is 4. The summed E-state index contributed by atoms with van der Waals surface area (Å²) in [6.45, 7) is 2.81. The number of nitriles is 1. The van der Waals surface area contributed by atoms with Crippen LogP contribution in [-0.4, -0.2) is 35.7 Å². The Kier molecular flexibility index (Phi) is 4.31. The zero-order valence-electron chi connectivity index (χ0n) is 12.5. The molecule has 0 aliphatic carbocycles. The minimum absolute atomic E-state index is 0.0736. The van der Waals surface area contributed by atoms with Crippen molar-refractivity contribution in [3.05, 3.63) is 35.4 Å². The van der Waals surface area contributed by atoms with Crippen molar-refractivity contribution >= 4 is 17.9 Å². The SMILES string of the molecule is CCOC(=O)[C@@H](F)N1C(=O)N[C@@](C)(c2ccc(C#N)cc2)C1=O. The number of carbonyl (C=O) groups is 3. The van der Waals surface area contributed by atoms with E-state index in [0.717, 1.165) is 0 Å². The molecule has 7 nitrogen and oxygen atoms in total. The van der Waals surface area contributed by atoms with E-state index in [2.05, 4.69) is 10.1 Å². The Balaban J connectivity index is 2.32. The molecule has 1 aliphatic heterocycles. The van der Waals surface area contributed by atoms with Gasteiger partial charge in [0, 0.05) is 0 Å². The average molecular weight is 319 g/mol. The Morgan fingerprint density at radius 3 is 2.57 bits per heavy atom. The van der Waals surface area contributed by atoms with Crippen LogP contribution in [0, 0.1) is 11.3 Å². The predicted molar refractivity (Wildman–Crippen MR) is 75.4 cm³/mol. The van der Waals surface area contributed by atoms with Gasteiger partial charge in [0.25, 0.3) is 12.2 Å². The predicted octanol–water partition coefficient (Wildman–Crippen LogP) is 1.18. The van der Waals surface area contributed by atoms with Gasteiger partial charge in [-0.25, -0.2) is 18.9 Å². The molecule has 1 N–H and O–H groups in total. The number of amides is 3. The van der Waals surface area contributed by atoms with Crippen molar-refractivity contribution in [2.75, 3.05) is 6.61 Å². The van der Waals surface area contributed by atoms with Crippen molar-refractivity contribution in [2.24, 2.45) is 0 Å². The highest BCUT2D eigenvalue weighted by Gasteiger charge is 2.53. The number of nitrogens with zero attached hydrogens (tertiary/aromatic N) is 2. The third-order valence-electron chi connectivity index (χ3n) is 3.52. The highest BCUT2D eigenvalue weighted by atomic mass is 19.1. The first-order valence-electron chi connectivity index (χ1n) is 6.82. The number of benzene rings is 1. The summed E-state index contributed by atoms with van der Waals surface area (Å²) < 4.78 is 18.6. The fourth-order valence-electron chi connectivity index (χ4n) is 2.26. The lowest BCUT2D eigenvalue weighted by Gasteiger charge is -2.22. The number of hydrogen-bond acceptors (Lipinski definition) is 5. The minimum Gasteiger partial charge on any atom is -0.462 e. The molecule has 23 heavy (non-hydrogen) atoms. The van der Waals surface area contributed by atoms with E-state index in [1.807, 2.05) is 6.07 Å². The molecule has 8 heteroatoms. The average Bonchev–Trinajstić information content (AvgIpc) is 2.77. The quantitative estimate of drug-likeness (QED) is 0.510. The first kappa shape index (κ1) is 16.4. The molecule has 0 aromatic heterocycles. The smallest absolute Gasteiger partial charge is 0.362 e. The maximum absolute atomic E-state index is 14.1. The molecule has 1 aliphatic rings. The summed E-state index contributed by atoms with van der Waals surface area (Å²) in [7, 11) is 0. The Bertz CT molecular complexity index is 698. The number of carbonyl (C=O) groups excluding carboxylic acids is 3. The molecule has 0 unspecified atom stereocenters. The second kappa shape index (κ2) is 6.04. The second-order valence-corrected chi connectivity index (χ2v) is 5.01. The van der Waals surface area contributed by atoms with Gasteiger partial charge in [0.1, 0.15) is 5.54 Å². The van der Waals surface area contributed by atoms with E-state index in [-0.39, 0.29) is 11.5 Å². The topological polar surface area (TPSA) is 99.5 Å². The maximum atomic E-state index is 14.1. The Morgan fingerprint density at radius 1 is 1.43 bits per heavy atom. The summed E-state index contributed by atoms with van der Waals surface area (Å²) in [5, 5.41) is 11.2. The standard InChI is InChI=1S/C15H14FN3O4/c1-3-23-12(20)11(16)19-13(21)15(2,18-14(19)22)10-6-4-9(8-17)5-7-10/h4-7,11H,3H2,1-2H3,(H,18,22)/t11-,15-/m0/s1. The van der Waals surface area contributed by atoms with Gasteiger partial charge in [0.2, 0.25) is 0 Å². The summed E-state index contributed by atoms with van der Waals surface area (Å²) in [4.78, 5) is 36.1. The molecule has 0 bridgehead atoms. The van der Waals surface area contributed by atoms with Gasteiger partial charge >= 0.3 is 12.0 Å². The zero-order valence-corrected chi connectivity index (χ0v) is 12.5. The molecule has 1 fully saturated rings. The number of esters is 1. The summed E-state index contributed by atoms with van der Waals surface area (Å²) in [6.07, 6.45) is -2.51. The third kappa shape index (κ3) is 2.73. The molecule has 0 saturated carbocycles. The fourth-order valence-corrected chi connectivity index (χ4v) is 2.26. The van der Waals surface area contributed by atoms with Crippen LogP contribution in [0.5, 0.6) is 0 Å². The van der Waals surface area contributed by atoms with E-state index in [0.29, 0.717) is 11.1 Å². The summed E-state index contributed by atoms with van der Waals surface area (Å²) in [5.41, 5.74) is -0.781. The summed E-state index contributed by atoms with van der Waals surface area (Å²) >= 11 is 0. The first-order chi connectivity index (χ1) is 10.8. The maximum Gasteiger partial charge on any atom is 0.362 e. The number of urea groups is 1. The minimum atomic E-state index is -2.51. The number of halogens is 1.